The molecule has 9 nitrogen and oxygen atoms in total. The van der Waals surface area contributed by atoms with Crippen molar-refractivity contribution in [1.29, 1.82) is 0 Å². The van der Waals surface area contributed by atoms with Gasteiger partial charge in [0.05, 0.1) is 18.4 Å². The molecular formula is C24H32N4O5. The van der Waals surface area contributed by atoms with Crippen LogP contribution in [0.15, 0.2) is 36.5 Å². The summed E-state index contributed by atoms with van der Waals surface area (Å²) in [5.41, 5.74) is 1.57. The van der Waals surface area contributed by atoms with Crippen LogP contribution in [0.2, 0.25) is 0 Å². The number of pyridine rings is 2. The molecule has 0 aromatic carbocycles. The summed E-state index contributed by atoms with van der Waals surface area (Å²) in [5.74, 6) is 0.501. The van der Waals surface area contributed by atoms with Crippen LogP contribution in [0.25, 0.3) is 0 Å². The third-order valence-electron chi connectivity index (χ3n) is 5.31. The second-order valence-corrected chi connectivity index (χ2v) is 8.95. The fourth-order valence-corrected chi connectivity index (χ4v) is 3.47. The molecule has 0 N–H and O–H groups in total. The van der Waals surface area contributed by atoms with Gasteiger partial charge < -0.3 is 14.4 Å². The van der Waals surface area contributed by atoms with Gasteiger partial charge in [0.1, 0.15) is 12.2 Å². The van der Waals surface area contributed by atoms with Crippen molar-refractivity contribution < 1.29 is 23.9 Å². The van der Waals surface area contributed by atoms with E-state index in [9.17, 15) is 9.59 Å². The Labute approximate surface area is 194 Å². The lowest BCUT2D eigenvalue weighted by Crippen LogP contribution is -2.41. The molecule has 9 heteroatoms. The van der Waals surface area contributed by atoms with Gasteiger partial charge in [-0.05, 0) is 51.8 Å². The molecular weight excluding hydrogens is 424 g/mol. The third-order valence-corrected chi connectivity index (χ3v) is 5.31. The molecule has 0 saturated carbocycles. The largest absolute Gasteiger partial charge is 0.471 e. The average molecular weight is 457 g/mol. The van der Waals surface area contributed by atoms with Crippen LogP contribution in [0, 0.1) is 0 Å². The Kier molecular flexibility index (Phi) is 7.86. The van der Waals surface area contributed by atoms with Gasteiger partial charge in [-0.1, -0.05) is 6.07 Å². The molecule has 2 aromatic heterocycles. The summed E-state index contributed by atoms with van der Waals surface area (Å²) in [7, 11) is 2.97. The SMILES string of the molecule is CON(C)C(=O)c1ccc(COc2cccc(C3CCN(C(=O)OC(C)(C)C)CC3)n2)nc1. The standard InChI is InChI=1S/C24H32N4O5/c1-24(2,3)33-23(30)28-13-11-17(12-14-28)20-7-6-8-21(26-20)32-16-19-10-9-18(15-25-19)22(29)27(4)31-5/h6-10,15,17H,11-14,16H2,1-5H3. The summed E-state index contributed by atoms with van der Waals surface area (Å²) in [4.78, 5) is 39.9. The average Bonchev–Trinajstić information content (AvgIpc) is 2.81. The van der Waals surface area contributed by atoms with Gasteiger partial charge in [-0.25, -0.2) is 14.8 Å². The zero-order valence-corrected chi connectivity index (χ0v) is 19.9. The highest BCUT2D eigenvalue weighted by molar-refractivity contribution is 5.92. The summed E-state index contributed by atoms with van der Waals surface area (Å²) in [6, 6.07) is 9.16. The number of hydrogen-bond donors (Lipinski definition) is 0. The highest BCUT2D eigenvalue weighted by Gasteiger charge is 2.28. The number of ether oxygens (including phenoxy) is 2. The number of carbonyl (C=O) groups is 2. The van der Waals surface area contributed by atoms with Gasteiger partial charge in [-0.2, -0.15) is 0 Å². The minimum absolute atomic E-state index is 0.238. The lowest BCUT2D eigenvalue weighted by Gasteiger charge is -2.33. The molecule has 178 valence electrons. The summed E-state index contributed by atoms with van der Waals surface area (Å²) < 4.78 is 11.3. The topological polar surface area (TPSA) is 94.1 Å². The van der Waals surface area contributed by atoms with Gasteiger partial charge in [0.25, 0.3) is 5.91 Å². The number of aromatic nitrogens is 2. The molecule has 2 amide bonds. The normalized spacial score (nSPS) is 14.6. The number of likely N-dealkylation sites (tertiary alicyclic amines) is 1. The molecule has 0 unspecified atom stereocenters. The quantitative estimate of drug-likeness (QED) is 0.610. The van der Waals surface area contributed by atoms with Gasteiger partial charge in [-0.3, -0.25) is 14.6 Å². The maximum atomic E-state index is 12.3. The monoisotopic (exact) mass is 456 g/mol. The Balaban J connectivity index is 1.53. The summed E-state index contributed by atoms with van der Waals surface area (Å²) in [6.45, 7) is 7.13. The van der Waals surface area contributed by atoms with Gasteiger partial charge >= 0.3 is 6.09 Å². The predicted octanol–water partition coefficient (Wildman–Crippen LogP) is 3.80. The van der Waals surface area contributed by atoms with E-state index in [0.717, 1.165) is 23.6 Å². The van der Waals surface area contributed by atoms with E-state index < -0.39 is 5.60 Å². The van der Waals surface area contributed by atoms with Crippen LogP contribution in [0.4, 0.5) is 4.79 Å². The van der Waals surface area contributed by atoms with Crippen molar-refractivity contribution in [3.05, 3.63) is 53.5 Å². The van der Waals surface area contributed by atoms with Crippen molar-refractivity contribution in [2.75, 3.05) is 27.2 Å². The number of hydrogen-bond acceptors (Lipinski definition) is 7. The molecule has 1 fully saturated rings. The molecule has 1 aliphatic rings. The van der Waals surface area contributed by atoms with Gasteiger partial charge in [0.2, 0.25) is 5.88 Å². The Morgan fingerprint density at radius 3 is 2.48 bits per heavy atom. The Morgan fingerprint density at radius 1 is 1.15 bits per heavy atom. The van der Waals surface area contributed by atoms with E-state index in [-0.39, 0.29) is 24.5 Å². The Hall–Kier alpha value is -3.20. The number of hydroxylamine groups is 2. The van der Waals surface area contributed by atoms with Gasteiger partial charge in [0, 0.05) is 44.0 Å². The zero-order chi connectivity index (χ0) is 24.0. The second-order valence-electron chi connectivity index (χ2n) is 8.95. The zero-order valence-electron chi connectivity index (χ0n) is 19.9. The van der Waals surface area contributed by atoms with Crippen molar-refractivity contribution in [3.8, 4) is 5.88 Å². The van der Waals surface area contributed by atoms with Crippen molar-refractivity contribution >= 4 is 12.0 Å². The first-order valence-electron chi connectivity index (χ1n) is 11.0. The van der Waals surface area contributed by atoms with E-state index in [0.29, 0.717) is 30.2 Å². The highest BCUT2D eigenvalue weighted by Crippen LogP contribution is 2.28. The van der Waals surface area contributed by atoms with Crippen LogP contribution >= 0.6 is 0 Å². The van der Waals surface area contributed by atoms with Crippen LogP contribution in [-0.2, 0) is 16.2 Å². The molecule has 0 radical (unpaired) electrons. The maximum absolute atomic E-state index is 12.3. The van der Waals surface area contributed by atoms with Crippen molar-refractivity contribution in [1.82, 2.24) is 19.9 Å². The van der Waals surface area contributed by atoms with E-state index in [4.69, 9.17) is 14.3 Å². The first kappa shape index (κ1) is 24.4. The molecule has 0 atom stereocenters. The van der Waals surface area contributed by atoms with E-state index in [1.165, 1.54) is 13.3 Å². The molecule has 0 spiro atoms. The van der Waals surface area contributed by atoms with Gasteiger partial charge in [-0.15, -0.1) is 0 Å². The number of nitrogens with zero attached hydrogens (tertiary/aromatic N) is 4. The Morgan fingerprint density at radius 2 is 1.88 bits per heavy atom. The first-order valence-corrected chi connectivity index (χ1v) is 11.0. The van der Waals surface area contributed by atoms with Crippen molar-refractivity contribution in [2.45, 2.75) is 51.7 Å². The van der Waals surface area contributed by atoms with E-state index in [2.05, 4.69) is 9.97 Å². The summed E-state index contributed by atoms with van der Waals surface area (Å²) in [5, 5.41) is 1.14. The lowest BCUT2D eigenvalue weighted by molar-refractivity contribution is -0.0757. The first-order chi connectivity index (χ1) is 15.7. The molecule has 2 aromatic rings. The second kappa shape index (κ2) is 10.6. The summed E-state index contributed by atoms with van der Waals surface area (Å²) in [6.07, 6.45) is 2.88. The van der Waals surface area contributed by atoms with E-state index in [1.807, 2.05) is 39.0 Å². The molecule has 0 bridgehead atoms. The van der Waals surface area contributed by atoms with Crippen LogP contribution < -0.4 is 4.74 Å². The molecule has 0 aliphatic carbocycles. The summed E-state index contributed by atoms with van der Waals surface area (Å²) >= 11 is 0. The highest BCUT2D eigenvalue weighted by atomic mass is 16.7. The lowest BCUT2D eigenvalue weighted by atomic mass is 9.93. The Bertz CT molecular complexity index is 950. The minimum atomic E-state index is -0.494. The van der Waals surface area contributed by atoms with E-state index >= 15 is 0 Å². The van der Waals surface area contributed by atoms with E-state index in [1.54, 1.807) is 24.1 Å². The fourth-order valence-electron chi connectivity index (χ4n) is 3.47. The molecule has 33 heavy (non-hydrogen) atoms. The predicted molar refractivity (Wildman–Crippen MR) is 122 cm³/mol. The van der Waals surface area contributed by atoms with Crippen molar-refractivity contribution in [3.63, 3.8) is 0 Å². The fraction of sp³-hybridized carbons (Fsp3) is 0.500. The molecule has 3 rings (SSSR count). The van der Waals surface area contributed by atoms with Crippen molar-refractivity contribution in [2.24, 2.45) is 0 Å². The maximum Gasteiger partial charge on any atom is 0.410 e. The van der Waals surface area contributed by atoms with Crippen LogP contribution in [0.3, 0.4) is 0 Å². The van der Waals surface area contributed by atoms with Gasteiger partial charge in [0.15, 0.2) is 0 Å². The number of piperidine rings is 1. The number of rotatable bonds is 6. The number of amides is 2. The third kappa shape index (κ3) is 6.89. The molecule has 1 aliphatic heterocycles. The number of carbonyl (C=O) groups excluding carboxylic acids is 2. The molecule has 1 saturated heterocycles. The minimum Gasteiger partial charge on any atom is -0.471 e. The van der Waals surface area contributed by atoms with Crippen LogP contribution in [0.1, 0.15) is 61.3 Å². The molecule has 3 heterocycles. The smallest absolute Gasteiger partial charge is 0.410 e. The van der Waals surface area contributed by atoms with Crippen LogP contribution in [0.5, 0.6) is 5.88 Å². The van der Waals surface area contributed by atoms with Crippen LogP contribution in [-0.4, -0.2) is 64.8 Å².